The average Bonchev–Trinajstić information content (AvgIpc) is 2.44. The smallest absolute Gasteiger partial charge is 0.179 e. The number of rotatable bonds is 1. The fraction of sp³-hybridized carbons (Fsp3) is 0.692. The van der Waals surface area contributed by atoms with E-state index in [-0.39, 0.29) is 16.7 Å². The van der Waals surface area contributed by atoms with Gasteiger partial charge in [-0.1, -0.05) is 20.8 Å². The second kappa shape index (κ2) is 3.72. The Kier molecular flexibility index (Phi) is 3.01. The molecule has 0 aliphatic heterocycles. The van der Waals surface area contributed by atoms with E-state index in [4.69, 9.17) is 0 Å². The highest BCUT2D eigenvalue weighted by atomic mass is 16.1. The van der Waals surface area contributed by atoms with Crippen LogP contribution >= 0.6 is 0 Å². The Morgan fingerprint density at radius 1 is 1.19 bits per heavy atom. The lowest BCUT2D eigenvalue weighted by atomic mass is 9.90. The van der Waals surface area contributed by atoms with Gasteiger partial charge < -0.3 is 0 Å². The summed E-state index contributed by atoms with van der Waals surface area (Å²) in [7, 11) is 0. The van der Waals surface area contributed by atoms with Crippen molar-refractivity contribution in [2.45, 2.75) is 59.4 Å². The molecule has 0 fully saturated rings. The molecular weight excluding hydrogens is 200 g/mol. The molecule has 3 heteroatoms. The quantitative estimate of drug-likeness (QED) is 0.684. The molecule has 0 saturated carbocycles. The molecule has 1 rings (SSSR count). The van der Waals surface area contributed by atoms with Gasteiger partial charge in [0.25, 0.3) is 0 Å². The zero-order chi connectivity index (χ0) is 12.7. The molecule has 3 nitrogen and oxygen atoms in total. The number of aromatic nitrogens is 2. The van der Waals surface area contributed by atoms with E-state index in [2.05, 4.69) is 46.6 Å². The van der Waals surface area contributed by atoms with Gasteiger partial charge in [-0.15, -0.1) is 0 Å². The fourth-order valence-corrected chi connectivity index (χ4v) is 1.60. The first kappa shape index (κ1) is 12.9. The number of nitrogens with zero attached hydrogens (tertiary/aromatic N) is 2. The number of carbonyl (C=O) groups excluding carboxylic acids is 1. The van der Waals surface area contributed by atoms with Gasteiger partial charge in [0, 0.05) is 18.0 Å². The SMILES string of the molecule is CC(=O)c1cc(C(C)(C)C)n(C(C)(C)C)n1. The zero-order valence-electron chi connectivity index (χ0n) is 11.4. The van der Waals surface area contributed by atoms with E-state index in [9.17, 15) is 4.79 Å². The highest BCUT2D eigenvalue weighted by molar-refractivity contribution is 5.92. The topological polar surface area (TPSA) is 34.9 Å². The Morgan fingerprint density at radius 3 is 1.94 bits per heavy atom. The van der Waals surface area contributed by atoms with Gasteiger partial charge in [0.2, 0.25) is 0 Å². The zero-order valence-corrected chi connectivity index (χ0v) is 11.4. The minimum absolute atomic E-state index is 0.00597. The van der Waals surface area contributed by atoms with Crippen LogP contribution in [0.1, 0.15) is 64.6 Å². The minimum Gasteiger partial charge on any atom is -0.293 e. The molecule has 0 aliphatic carbocycles. The third-order valence-electron chi connectivity index (χ3n) is 2.47. The molecule has 0 atom stereocenters. The molecule has 1 aromatic rings. The fourth-order valence-electron chi connectivity index (χ4n) is 1.60. The van der Waals surface area contributed by atoms with Crippen LogP contribution in [-0.4, -0.2) is 15.6 Å². The monoisotopic (exact) mass is 222 g/mol. The van der Waals surface area contributed by atoms with Gasteiger partial charge in [0.05, 0.1) is 5.54 Å². The minimum atomic E-state index is -0.101. The van der Waals surface area contributed by atoms with Crippen molar-refractivity contribution in [2.75, 3.05) is 0 Å². The number of hydrogen-bond donors (Lipinski definition) is 0. The maximum atomic E-state index is 11.4. The van der Waals surface area contributed by atoms with Gasteiger partial charge in [-0.25, -0.2) is 0 Å². The van der Waals surface area contributed by atoms with Gasteiger partial charge in [-0.3, -0.25) is 9.48 Å². The van der Waals surface area contributed by atoms with Crippen LogP contribution in [0.3, 0.4) is 0 Å². The van der Waals surface area contributed by atoms with Crippen LogP contribution in [0, 0.1) is 0 Å². The van der Waals surface area contributed by atoms with Crippen molar-refractivity contribution in [2.24, 2.45) is 0 Å². The van der Waals surface area contributed by atoms with Crippen LogP contribution in [0.4, 0.5) is 0 Å². The Balaban J connectivity index is 3.41. The first-order chi connectivity index (χ1) is 7.03. The predicted octanol–water partition coefficient (Wildman–Crippen LogP) is 3.14. The van der Waals surface area contributed by atoms with E-state index in [1.54, 1.807) is 6.92 Å². The van der Waals surface area contributed by atoms with Crippen molar-refractivity contribution in [1.29, 1.82) is 0 Å². The Labute approximate surface area is 97.8 Å². The lowest BCUT2D eigenvalue weighted by molar-refractivity contribution is 0.101. The Morgan fingerprint density at radius 2 is 1.69 bits per heavy atom. The lowest BCUT2D eigenvalue weighted by Gasteiger charge is -2.28. The van der Waals surface area contributed by atoms with E-state index >= 15 is 0 Å². The molecule has 0 unspecified atom stereocenters. The summed E-state index contributed by atoms with van der Waals surface area (Å²) in [5.74, 6) is 0.0218. The molecule has 1 heterocycles. The van der Waals surface area contributed by atoms with Crippen molar-refractivity contribution in [3.63, 3.8) is 0 Å². The van der Waals surface area contributed by atoms with Crippen LogP contribution in [0.5, 0.6) is 0 Å². The van der Waals surface area contributed by atoms with E-state index in [1.807, 2.05) is 10.7 Å². The summed E-state index contributed by atoms with van der Waals surface area (Å²) in [5.41, 5.74) is 1.55. The van der Waals surface area contributed by atoms with Gasteiger partial charge in [0.1, 0.15) is 5.69 Å². The second-order valence-corrected chi connectivity index (χ2v) is 6.30. The van der Waals surface area contributed by atoms with E-state index in [1.165, 1.54) is 0 Å². The summed E-state index contributed by atoms with van der Waals surface area (Å²) in [6.45, 7) is 14.3. The molecule has 0 aromatic carbocycles. The third kappa shape index (κ3) is 2.52. The van der Waals surface area contributed by atoms with Crippen LogP contribution in [0.15, 0.2) is 6.07 Å². The molecule has 16 heavy (non-hydrogen) atoms. The van der Waals surface area contributed by atoms with Gasteiger partial charge in [0.15, 0.2) is 5.78 Å². The third-order valence-corrected chi connectivity index (χ3v) is 2.47. The van der Waals surface area contributed by atoms with Crippen molar-refractivity contribution < 1.29 is 4.79 Å². The molecule has 0 saturated heterocycles. The first-order valence-electron chi connectivity index (χ1n) is 5.65. The molecular formula is C13H22N2O. The van der Waals surface area contributed by atoms with Gasteiger partial charge in [-0.05, 0) is 26.8 Å². The Bertz CT molecular complexity index is 371. The lowest BCUT2D eigenvalue weighted by Crippen LogP contribution is -2.30. The molecule has 0 N–H and O–H groups in total. The molecule has 0 aliphatic rings. The number of Topliss-reactive ketones (excluding diaryl/α,β-unsaturated/α-hetero) is 1. The van der Waals surface area contributed by atoms with Crippen molar-refractivity contribution in [3.05, 3.63) is 17.5 Å². The van der Waals surface area contributed by atoms with Gasteiger partial charge in [-0.2, -0.15) is 5.10 Å². The van der Waals surface area contributed by atoms with E-state index < -0.39 is 0 Å². The molecule has 0 radical (unpaired) electrons. The summed E-state index contributed by atoms with van der Waals surface area (Å²) >= 11 is 0. The van der Waals surface area contributed by atoms with Gasteiger partial charge >= 0.3 is 0 Å². The summed E-state index contributed by atoms with van der Waals surface area (Å²) in [5, 5.41) is 4.41. The van der Waals surface area contributed by atoms with Crippen molar-refractivity contribution in [1.82, 2.24) is 9.78 Å². The number of ketones is 1. The van der Waals surface area contributed by atoms with Crippen molar-refractivity contribution >= 4 is 5.78 Å². The summed E-state index contributed by atoms with van der Waals surface area (Å²) < 4.78 is 1.96. The number of carbonyl (C=O) groups is 1. The molecule has 0 spiro atoms. The highest BCUT2D eigenvalue weighted by Crippen LogP contribution is 2.28. The van der Waals surface area contributed by atoms with E-state index in [0.717, 1.165) is 5.69 Å². The van der Waals surface area contributed by atoms with Crippen LogP contribution in [-0.2, 0) is 11.0 Å². The van der Waals surface area contributed by atoms with Crippen LogP contribution < -0.4 is 0 Å². The highest BCUT2D eigenvalue weighted by Gasteiger charge is 2.27. The summed E-state index contributed by atoms with van der Waals surface area (Å²) in [4.78, 5) is 11.4. The standard InChI is InChI=1S/C13H22N2O/c1-9(16)10-8-11(12(2,3)4)15(14-10)13(5,6)7/h8H,1-7H3. The summed E-state index contributed by atoms with van der Waals surface area (Å²) in [6.07, 6.45) is 0. The largest absolute Gasteiger partial charge is 0.293 e. The molecule has 1 aromatic heterocycles. The second-order valence-electron chi connectivity index (χ2n) is 6.30. The number of hydrogen-bond acceptors (Lipinski definition) is 2. The molecule has 90 valence electrons. The molecule has 0 bridgehead atoms. The van der Waals surface area contributed by atoms with Crippen LogP contribution in [0.25, 0.3) is 0 Å². The Hall–Kier alpha value is -1.12. The first-order valence-corrected chi connectivity index (χ1v) is 5.65. The maximum Gasteiger partial charge on any atom is 0.179 e. The predicted molar refractivity (Wildman–Crippen MR) is 65.9 cm³/mol. The molecule has 0 amide bonds. The summed E-state index contributed by atoms with van der Waals surface area (Å²) in [6, 6.07) is 1.91. The van der Waals surface area contributed by atoms with Crippen LogP contribution in [0.2, 0.25) is 0 Å². The normalized spacial score (nSPS) is 12.9. The van der Waals surface area contributed by atoms with E-state index in [0.29, 0.717) is 5.69 Å². The average molecular weight is 222 g/mol. The van der Waals surface area contributed by atoms with Crippen molar-refractivity contribution in [3.8, 4) is 0 Å². The maximum absolute atomic E-state index is 11.4.